The fraction of sp³-hybridized carbons (Fsp3) is 0.238. The summed E-state index contributed by atoms with van der Waals surface area (Å²) in [6.07, 6.45) is 2.74. The van der Waals surface area contributed by atoms with Gasteiger partial charge in [0.25, 0.3) is 5.91 Å². The second-order valence-electron chi connectivity index (χ2n) is 6.53. The molecule has 1 aromatic heterocycles. The molecule has 2 heterocycles. The van der Waals surface area contributed by atoms with Gasteiger partial charge in [-0.25, -0.2) is 4.98 Å². The van der Waals surface area contributed by atoms with E-state index < -0.39 is 0 Å². The highest BCUT2D eigenvalue weighted by Gasteiger charge is 2.23. The summed E-state index contributed by atoms with van der Waals surface area (Å²) in [5.74, 6) is -0.0518. The van der Waals surface area contributed by atoms with Gasteiger partial charge in [0.2, 0.25) is 0 Å². The van der Waals surface area contributed by atoms with Crippen LogP contribution in [-0.2, 0) is 6.42 Å². The standard InChI is InChI=1S/C21H21N3OS/c1-15(24-12-11-16-7-5-6-10-18(16)24)13-22-20(25)19-14-23-21(26-19)17-8-3-2-4-9-17/h2-10,14-15H,11-13H2,1H3,(H,22,25)/t15-/m0/s1. The van der Waals surface area contributed by atoms with Crippen LogP contribution in [0.2, 0.25) is 0 Å². The van der Waals surface area contributed by atoms with Crippen molar-refractivity contribution < 1.29 is 4.79 Å². The van der Waals surface area contributed by atoms with Gasteiger partial charge >= 0.3 is 0 Å². The van der Waals surface area contributed by atoms with Gasteiger partial charge in [0, 0.05) is 30.4 Å². The van der Waals surface area contributed by atoms with E-state index in [4.69, 9.17) is 0 Å². The molecule has 0 unspecified atom stereocenters. The topological polar surface area (TPSA) is 45.2 Å². The third-order valence-electron chi connectivity index (χ3n) is 4.76. The van der Waals surface area contributed by atoms with Gasteiger partial charge in [-0.1, -0.05) is 48.5 Å². The average molecular weight is 363 g/mol. The first-order chi connectivity index (χ1) is 12.7. The van der Waals surface area contributed by atoms with E-state index in [0.29, 0.717) is 11.4 Å². The van der Waals surface area contributed by atoms with Crippen molar-refractivity contribution in [2.24, 2.45) is 0 Å². The van der Waals surface area contributed by atoms with Gasteiger partial charge < -0.3 is 10.2 Å². The Hall–Kier alpha value is -2.66. The molecule has 0 saturated carbocycles. The Morgan fingerprint density at radius 2 is 1.96 bits per heavy atom. The lowest BCUT2D eigenvalue weighted by atomic mass is 10.2. The molecule has 1 aliphatic rings. The first kappa shape index (κ1) is 16.8. The number of nitrogens with one attached hydrogen (secondary N) is 1. The van der Waals surface area contributed by atoms with Crippen LogP contribution in [0, 0.1) is 0 Å². The number of carbonyl (C=O) groups excluding carboxylic acids is 1. The summed E-state index contributed by atoms with van der Waals surface area (Å²) < 4.78 is 0. The molecule has 3 aromatic rings. The molecule has 0 fully saturated rings. The maximum Gasteiger partial charge on any atom is 0.263 e. The van der Waals surface area contributed by atoms with E-state index in [0.717, 1.165) is 23.5 Å². The van der Waals surface area contributed by atoms with Gasteiger partial charge in [-0.15, -0.1) is 11.3 Å². The van der Waals surface area contributed by atoms with Crippen molar-refractivity contribution in [3.8, 4) is 10.6 Å². The molecule has 0 aliphatic carbocycles. The summed E-state index contributed by atoms with van der Waals surface area (Å²) >= 11 is 1.43. The van der Waals surface area contributed by atoms with Crippen LogP contribution in [0.1, 0.15) is 22.2 Å². The highest BCUT2D eigenvalue weighted by molar-refractivity contribution is 7.16. The Morgan fingerprint density at radius 1 is 1.19 bits per heavy atom. The largest absolute Gasteiger partial charge is 0.366 e. The second-order valence-corrected chi connectivity index (χ2v) is 7.56. The fourth-order valence-electron chi connectivity index (χ4n) is 3.35. The number of fused-ring (bicyclic) bond motifs is 1. The van der Waals surface area contributed by atoms with E-state index in [2.05, 4.69) is 46.4 Å². The maximum atomic E-state index is 12.5. The molecule has 0 radical (unpaired) electrons. The Bertz CT molecular complexity index is 906. The minimum atomic E-state index is -0.0518. The monoisotopic (exact) mass is 363 g/mol. The van der Waals surface area contributed by atoms with E-state index in [1.54, 1.807) is 6.20 Å². The smallest absolute Gasteiger partial charge is 0.263 e. The summed E-state index contributed by atoms with van der Waals surface area (Å²) in [6, 6.07) is 18.7. The summed E-state index contributed by atoms with van der Waals surface area (Å²) in [7, 11) is 0. The number of hydrogen-bond donors (Lipinski definition) is 1. The van der Waals surface area contributed by atoms with Crippen molar-refractivity contribution >= 4 is 22.9 Å². The summed E-state index contributed by atoms with van der Waals surface area (Å²) in [5, 5.41) is 3.93. The van der Waals surface area contributed by atoms with Crippen LogP contribution in [0.5, 0.6) is 0 Å². The zero-order chi connectivity index (χ0) is 17.9. The second kappa shape index (κ2) is 7.30. The number of thiazole rings is 1. The summed E-state index contributed by atoms with van der Waals surface area (Å²) in [5.41, 5.74) is 3.72. The number of para-hydroxylation sites is 1. The molecule has 1 N–H and O–H groups in total. The number of aromatic nitrogens is 1. The lowest BCUT2D eigenvalue weighted by molar-refractivity contribution is 0.0955. The van der Waals surface area contributed by atoms with Crippen LogP contribution in [-0.4, -0.2) is 30.0 Å². The Kier molecular flexibility index (Phi) is 4.71. The van der Waals surface area contributed by atoms with Crippen LogP contribution in [0.4, 0.5) is 5.69 Å². The predicted octanol–water partition coefficient (Wildman–Crippen LogP) is 3.99. The molecule has 2 aromatic carbocycles. The van der Waals surface area contributed by atoms with E-state index >= 15 is 0 Å². The van der Waals surface area contributed by atoms with E-state index in [1.807, 2.05) is 30.3 Å². The van der Waals surface area contributed by atoms with Gasteiger partial charge in [0.15, 0.2) is 0 Å². The first-order valence-electron chi connectivity index (χ1n) is 8.86. The van der Waals surface area contributed by atoms with Crippen molar-refractivity contribution in [2.45, 2.75) is 19.4 Å². The van der Waals surface area contributed by atoms with Crippen LogP contribution < -0.4 is 10.2 Å². The number of amides is 1. The van der Waals surface area contributed by atoms with E-state index in [-0.39, 0.29) is 11.9 Å². The number of hydrogen-bond acceptors (Lipinski definition) is 4. The fourth-order valence-corrected chi connectivity index (χ4v) is 4.19. The van der Waals surface area contributed by atoms with Crippen LogP contribution in [0.15, 0.2) is 60.8 Å². The Labute approximate surface area is 157 Å². The molecule has 26 heavy (non-hydrogen) atoms. The molecule has 132 valence electrons. The quantitative estimate of drug-likeness (QED) is 0.745. The average Bonchev–Trinajstić information content (AvgIpc) is 3.34. The molecule has 4 rings (SSSR count). The van der Waals surface area contributed by atoms with Gasteiger partial charge in [-0.2, -0.15) is 0 Å². The van der Waals surface area contributed by atoms with Crippen LogP contribution in [0.3, 0.4) is 0 Å². The summed E-state index contributed by atoms with van der Waals surface area (Å²) in [6.45, 7) is 3.78. The molecule has 0 bridgehead atoms. The first-order valence-corrected chi connectivity index (χ1v) is 9.68. The highest BCUT2D eigenvalue weighted by atomic mass is 32.1. The molecule has 1 aliphatic heterocycles. The zero-order valence-electron chi connectivity index (χ0n) is 14.7. The SMILES string of the molecule is C[C@@H](CNC(=O)c1cnc(-c2ccccc2)s1)N1CCc2ccccc21. The van der Waals surface area contributed by atoms with Gasteiger partial charge in [0.05, 0.1) is 6.20 Å². The number of nitrogens with zero attached hydrogens (tertiary/aromatic N) is 2. The normalized spacial score (nSPS) is 14.1. The minimum Gasteiger partial charge on any atom is -0.366 e. The van der Waals surface area contributed by atoms with E-state index in [9.17, 15) is 4.79 Å². The number of benzene rings is 2. The van der Waals surface area contributed by atoms with Crippen molar-refractivity contribution in [3.63, 3.8) is 0 Å². The molecular formula is C21H21N3OS. The Balaban J connectivity index is 1.38. The molecule has 0 saturated heterocycles. The van der Waals surface area contributed by atoms with Gasteiger partial charge in [-0.05, 0) is 25.0 Å². The molecule has 5 heteroatoms. The maximum absolute atomic E-state index is 12.5. The molecule has 1 atom stereocenters. The molecule has 0 spiro atoms. The molecule has 4 nitrogen and oxygen atoms in total. The number of anilines is 1. The number of carbonyl (C=O) groups is 1. The highest BCUT2D eigenvalue weighted by Crippen LogP contribution is 2.29. The van der Waals surface area contributed by atoms with E-state index in [1.165, 1.54) is 22.6 Å². The van der Waals surface area contributed by atoms with Crippen molar-refractivity contribution in [3.05, 3.63) is 71.2 Å². The minimum absolute atomic E-state index is 0.0518. The van der Waals surface area contributed by atoms with Gasteiger partial charge in [0.1, 0.15) is 9.88 Å². The summed E-state index contributed by atoms with van der Waals surface area (Å²) in [4.78, 5) is 19.9. The third kappa shape index (κ3) is 3.35. The molecular weight excluding hydrogens is 342 g/mol. The third-order valence-corrected chi connectivity index (χ3v) is 5.81. The Morgan fingerprint density at radius 3 is 2.81 bits per heavy atom. The number of rotatable bonds is 5. The zero-order valence-corrected chi connectivity index (χ0v) is 15.5. The van der Waals surface area contributed by atoms with Gasteiger partial charge in [-0.3, -0.25) is 4.79 Å². The molecule has 1 amide bonds. The van der Waals surface area contributed by atoms with Crippen LogP contribution >= 0.6 is 11.3 Å². The lowest BCUT2D eigenvalue weighted by Crippen LogP contribution is -2.41. The predicted molar refractivity (Wildman–Crippen MR) is 107 cm³/mol. The van der Waals surface area contributed by atoms with Crippen LogP contribution in [0.25, 0.3) is 10.6 Å². The van der Waals surface area contributed by atoms with Crippen molar-refractivity contribution in [1.29, 1.82) is 0 Å². The van der Waals surface area contributed by atoms with Crippen molar-refractivity contribution in [1.82, 2.24) is 10.3 Å². The lowest BCUT2D eigenvalue weighted by Gasteiger charge is -2.27. The van der Waals surface area contributed by atoms with Crippen molar-refractivity contribution in [2.75, 3.05) is 18.0 Å².